The summed E-state index contributed by atoms with van der Waals surface area (Å²) in [6.45, 7) is 0. The van der Waals surface area contributed by atoms with Gasteiger partial charge in [0.1, 0.15) is 0 Å². The Morgan fingerprint density at radius 2 is 0.824 bits per heavy atom. The van der Waals surface area contributed by atoms with E-state index < -0.39 is 0 Å². The lowest BCUT2D eigenvalue weighted by molar-refractivity contribution is 0.0842. The zero-order valence-corrected chi connectivity index (χ0v) is 19.4. The van der Waals surface area contributed by atoms with E-state index in [1.165, 1.54) is 0 Å². The number of carbonyl (C=O) groups is 2. The zero-order valence-electron chi connectivity index (χ0n) is 19.4. The first kappa shape index (κ1) is 23.3. The van der Waals surface area contributed by atoms with Crippen molar-refractivity contribution in [1.82, 2.24) is 4.90 Å². The van der Waals surface area contributed by atoms with Crippen LogP contribution < -0.4 is 0 Å². The summed E-state index contributed by atoms with van der Waals surface area (Å²) >= 11 is 0. The predicted octanol–water partition coefficient (Wildman–Crippen LogP) is 6.95. The number of hydrogen-bond acceptors (Lipinski definition) is 3. The van der Waals surface area contributed by atoms with Gasteiger partial charge in [-0.2, -0.15) is 0 Å². The minimum atomic E-state index is -0.178. The minimum Gasteiger partial charge on any atom is -0.294 e. The third-order valence-electron chi connectivity index (χ3n) is 6.30. The third-order valence-corrected chi connectivity index (χ3v) is 6.30. The fourth-order valence-corrected chi connectivity index (χ4v) is 4.40. The number of rotatable bonds is 10. The van der Waals surface area contributed by atoms with Gasteiger partial charge in [0, 0.05) is 36.1 Å². The van der Waals surface area contributed by atoms with Gasteiger partial charge in [-0.05, 0) is 18.2 Å². The van der Waals surface area contributed by atoms with Gasteiger partial charge in [-0.1, -0.05) is 121 Å². The van der Waals surface area contributed by atoms with E-state index >= 15 is 0 Å². The molecule has 0 spiro atoms. The molecule has 4 aromatic rings. The maximum Gasteiger partial charge on any atom is 0.164 e. The Hall–Kier alpha value is -3.82. The minimum absolute atomic E-state index is 0.0856. The second-order valence-corrected chi connectivity index (χ2v) is 8.51. The Bertz CT molecular complexity index is 1090. The molecule has 170 valence electrons. The lowest BCUT2D eigenvalue weighted by atomic mass is 9.91. The SMILES string of the molecule is CN(C(CC(=O)c1ccccc1)c1ccccc1)C(CC(=O)c1ccccc1)c1ccccc1. The van der Waals surface area contributed by atoms with E-state index in [-0.39, 0.29) is 23.7 Å². The monoisotopic (exact) mass is 447 g/mol. The molecule has 3 heteroatoms. The Balaban J connectivity index is 1.68. The molecule has 4 aromatic carbocycles. The van der Waals surface area contributed by atoms with E-state index in [0.29, 0.717) is 24.0 Å². The second-order valence-electron chi connectivity index (χ2n) is 8.51. The van der Waals surface area contributed by atoms with Gasteiger partial charge in [-0.15, -0.1) is 0 Å². The Morgan fingerprint density at radius 1 is 0.529 bits per heavy atom. The maximum atomic E-state index is 13.2. The smallest absolute Gasteiger partial charge is 0.164 e. The lowest BCUT2D eigenvalue weighted by Crippen LogP contribution is -2.32. The molecular weight excluding hydrogens is 418 g/mol. The molecule has 0 fully saturated rings. The molecule has 0 saturated carbocycles. The molecule has 0 saturated heterocycles. The highest BCUT2D eigenvalue weighted by Gasteiger charge is 2.29. The number of benzene rings is 4. The fourth-order valence-electron chi connectivity index (χ4n) is 4.40. The van der Waals surface area contributed by atoms with E-state index in [4.69, 9.17) is 0 Å². The predicted molar refractivity (Wildman–Crippen MR) is 137 cm³/mol. The molecule has 0 aliphatic rings. The van der Waals surface area contributed by atoms with E-state index in [9.17, 15) is 9.59 Å². The van der Waals surface area contributed by atoms with Gasteiger partial charge in [0.05, 0.1) is 0 Å². The highest BCUT2D eigenvalue weighted by atomic mass is 16.1. The van der Waals surface area contributed by atoms with Crippen LogP contribution in [0, 0.1) is 0 Å². The van der Waals surface area contributed by atoms with Crippen molar-refractivity contribution in [2.75, 3.05) is 7.05 Å². The molecule has 3 nitrogen and oxygen atoms in total. The van der Waals surface area contributed by atoms with Gasteiger partial charge in [0.15, 0.2) is 11.6 Å². The average Bonchev–Trinajstić information content (AvgIpc) is 2.91. The Morgan fingerprint density at radius 3 is 1.15 bits per heavy atom. The molecule has 0 radical (unpaired) electrons. The van der Waals surface area contributed by atoms with Crippen LogP contribution >= 0.6 is 0 Å². The van der Waals surface area contributed by atoms with Crippen LogP contribution in [0.15, 0.2) is 121 Å². The molecule has 34 heavy (non-hydrogen) atoms. The normalized spacial score (nSPS) is 12.8. The van der Waals surface area contributed by atoms with Crippen LogP contribution in [0.1, 0.15) is 56.8 Å². The van der Waals surface area contributed by atoms with E-state index in [2.05, 4.69) is 29.2 Å². The molecule has 2 unspecified atom stereocenters. The standard InChI is InChI=1S/C31H29NO2/c1-32(28(24-14-6-2-7-15-24)22-30(33)26-18-10-4-11-19-26)29(25-16-8-3-9-17-25)23-31(34)27-20-12-5-13-21-27/h2-21,28-29H,22-23H2,1H3. The van der Waals surface area contributed by atoms with Crippen LogP contribution in [0.4, 0.5) is 0 Å². The summed E-state index contributed by atoms with van der Waals surface area (Å²) < 4.78 is 0. The number of nitrogens with zero attached hydrogens (tertiary/aromatic N) is 1. The van der Waals surface area contributed by atoms with Crippen LogP contribution in [-0.4, -0.2) is 23.5 Å². The number of Topliss-reactive ketones (excluding diaryl/α,β-unsaturated/α-hetero) is 2. The molecule has 0 N–H and O–H groups in total. The Kier molecular flexibility index (Phi) is 7.79. The third kappa shape index (κ3) is 5.75. The van der Waals surface area contributed by atoms with Gasteiger partial charge in [0.2, 0.25) is 0 Å². The lowest BCUT2D eigenvalue weighted by Gasteiger charge is -2.35. The average molecular weight is 448 g/mol. The van der Waals surface area contributed by atoms with Crippen molar-refractivity contribution in [1.29, 1.82) is 0 Å². The quantitative estimate of drug-likeness (QED) is 0.247. The molecule has 0 aromatic heterocycles. The summed E-state index contributed by atoms with van der Waals surface area (Å²) in [5.41, 5.74) is 3.52. The summed E-state index contributed by atoms with van der Waals surface area (Å²) in [6, 6.07) is 38.6. The van der Waals surface area contributed by atoms with Crippen LogP contribution in [0.3, 0.4) is 0 Å². The highest BCUT2D eigenvalue weighted by Crippen LogP contribution is 2.35. The fraction of sp³-hybridized carbons (Fsp3) is 0.161. The Labute approximate surface area is 201 Å². The summed E-state index contributed by atoms with van der Waals surface area (Å²) in [7, 11) is 2.02. The first-order chi connectivity index (χ1) is 16.6. The molecule has 0 aliphatic carbocycles. The summed E-state index contributed by atoms with van der Waals surface area (Å²) in [6.07, 6.45) is 0.654. The second kappa shape index (κ2) is 11.4. The number of carbonyl (C=O) groups excluding carboxylic acids is 2. The van der Waals surface area contributed by atoms with Crippen molar-refractivity contribution in [3.8, 4) is 0 Å². The van der Waals surface area contributed by atoms with Crippen molar-refractivity contribution in [3.05, 3.63) is 144 Å². The van der Waals surface area contributed by atoms with Crippen LogP contribution in [-0.2, 0) is 0 Å². The molecule has 0 heterocycles. The van der Waals surface area contributed by atoms with Crippen molar-refractivity contribution in [2.24, 2.45) is 0 Å². The van der Waals surface area contributed by atoms with Crippen LogP contribution in [0.25, 0.3) is 0 Å². The van der Waals surface area contributed by atoms with Crippen molar-refractivity contribution < 1.29 is 9.59 Å². The van der Waals surface area contributed by atoms with E-state index in [1.807, 2.05) is 104 Å². The maximum absolute atomic E-state index is 13.2. The first-order valence-corrected chi connectivity index (χ1v) is 11.6. The topological polar surface area (TPSA) is 37.4 Å². The van der Waals surface area contributed by atoms with Crippen LogP contribution in [0.2, 0.25) is 0 Å². The van der Waals surface area contributed by atoms with Crippen molar-refractivity contribution >= 4 is 11.6 Å². The van der Waals surface area contributed by atoms with Gasteiger partial charge in [-0.3, -0.25) is 14.5 Å². The number of hydrogen-bond donors (Lipinski definition) is 0. The van der Waals surface area contributed by atoms with Crippen molar-refractivity contribution in [2.45, 2.75) is 24.9 Å². The van der Waals surface area contributed by atoms with Gasteiger partial charge < -0.3 is 0 Å². The molecule has 0 aliphatic heterocycles. The van der Waals surface area contributed by atoms with Gasteiger partial charge in [0.25, 0.3) is 0 Å². The van der Waals surface area contributed by atoms with Crippen molar-refractivity contribution in [3.63, 3.8) is 0 Å². The first-order valence-electron chi connectivity index (χ1n) is 11.6. The van der Waals surface area contributed by atoms with E-state index in [1.54, 1.807) is 0 Å². The van der Waals surface area contributed by atoms with Crippen LogP contribution in [0.5, 0.6) is 0 Å². The molecule has 2 atom stereocenters. The summed E-state index contributed by atoms with van der Waals surface area (Å²) in [5.74, 6) is 0.171. The largest absolute Gasteiger partial charge is 0.294 e. The zero-order chi connectivity index (χ0) is 23.8. The van der Waals surface area contributed by atoms with Gasteiger partial charge in [-0.25, -0.2) is 0 Å². The number of ketones is 2. The molecular formula is C31H29NO2. The highest BCUT2D eigenvalue weighted by molar-refractivity contribution is 5.97. The summed E-state index contributed by atoms with van der Waals surface area (Å²) in [5, 5.41) is 0. The van der Waals surface area contributed by atoms with Gasteiger partial charge >= 0.3 is 0 Å². The molecule has 0 bridgehead atoms. The molecule has 4 rings (SSSR count). The van der Waals surface area contributed by atoms with E-state index in [0.717, 1.165) is 11.1 Å². The summed E-state index contributed by atoms with van der Waals surface area (Å²) in [4.78, 5) is 28.7. The molecule has 0 amide bonds.